The highest BCUT2D eigenvalue weighted by Gasteiger charge is 2.36. The van der Waals surface area contributed by atoms with Gasteiger partial charge in [0.2, 0.25) is 5.82 Å². The van der Waals surface area contributed by atoms with Crippen molar-refractivity contribution in [3.63, 3.8) is 0 Å². The van der Waals surface area contributed by atoms with Crippen LogP contribution in [0.2, 0.25) is 0 Å². The van der Waals surface area contributed by atoms with E-state index in [0.717, 1.165) is 12.1 Å². The molecule has 0 unspecified atom stereocenters. The molecule has 0 fully saturated rings. The average Bonchev–Trinajstić information content (AvgIpc) is 3.34. The molecule has 1 aromatic carbocycles. The van der Waals surface area contributed by atoms with E-state index < -0.39 is 29.1 Å². The van der Waals surface area contributed by atoms with E-state index >= 15 is 0 Å². The first kappa shape index (κ1) is 25.0. The fourth-order valence-corrected chi connectivity index (χ4v) is 3.47. The first-order valence-corrected chi connectivity index (χ1v) is 10.5. The number of nitrogens with one attached hydrogen (secondary N) is 1. The van der Waals surface area contributed by atoms with Crippen molar-refractivity contribution in [2.45, 2.75) is 25.4 Å². The zero-order valence-corrected chi connectivity index (χ0v) is 19.5. The summed E-state index contributed by atoms with van der Waals surface area (Å²) < 4.78 is 77.7. The predicted molar refractivity (Wildman–Crippen MR) is 119 cm³/mol. The maximum Gasteiger partial charge on any atom is 0.451 e. The van der Waals surface area contributed by atoms with Gasteiger partial charge in [0, 0.05) is 41.3 Å². The molecule has 0 spiro atoms. The second kappa shape index (κ2) is 9.17. The maximum atomic E-state index is 14.5. The number of methoxy groups -OCH3 is 2. The number of alkyl halides is 3. The number of aromatic nitrogens is 5. The predicted octanol–water partition coefficient (Wildman–Crippen LogP) is 5.57. The molecular weight excluding hydrogens is 485 g/mol. The normalized spacial score (nSPS) is 12.0. The zero-order chi connectivity index (χ0) is 26.3. The van der Waals surface area contributed by atoms with E-state index in [1.807, 2.05) is 5.10 Å². The van der Waals surface area contributed by atoms with Crippen molar-refractivity contribution >= 4 is 0 Å². The van der Waals surface area contributed by atoms with E-state index in [0.29, 0.717) is 22.9 Å². The maximum absolute atomic E-state index is 14.5. The van der Waals surface area contributed by atoms with E-state index in [4.69, 9.17) is 9.47 Å². The van der Waals surface area contributed by atoms with Crippen molar-refractivity contribution in [2.75, 3.05) is 14.2 Å². The Kier molecular flexibility index (Phi) is 6.37. The van der Waals surface area contributed by atoms with Crippen LogP contribution in [0.25, 0.3) is 22.8 Å². The largest absolute Gasteiger partial charge is 0.497 e. The summed E-state index contributed by atoms with van der Waals surface area (Å²) in [5.41, 5.74) is 0.0807. The highest BCUT2D eigenvalue weighted by atomic mass is 19.4. The van der Waals surface area contributed by atoms with Crippen LogP contribution in [-0.2, 0) is 11.6 Å². The standard InChI is InChI=1S/C24H20F5N5O2/c1-23(2,19-10-13(35-3)8-17(30-19)15-6-5-12(25)7-16(15)26)20-11-14(36-4)9-18(31-20)21-32-22(34-33-21)24(27,28)29/h5-11H,1-4H3,(H,32,33,34). The first-order chi connectivity index (χ1) is 16.9. The van der Waals surface area contributed by atoms with E-state index in [-0.39, 0.29) is 22.8 Å². The van der Waals surface area contributed by atoms with Crippen molar-refractivity contribution in [1.82, 2.24) is 25.1 Å². The van der Waals surface area contributed by atoms with Crippen LogP contribution in [-0.4, -0.2) is 39.4 Å². The second-order valence-electron chi connectivity index (χ2n) is 8.31. The summed E-state index contributed by atoms with van der Waals surface area (Å²) in [5, 5.41) is 5.50. The summed E-state index contributed by atoms with van der Waals surface area (Å²) in [4.78, 5) is 12.6. The third-order valence-electron chi connectivity index (χ3n) is 5.54. The Labute approximate surface area is 202 Å². The summed E-state index contributed by atoms with van der Waals surface area (Å²) in [6.07, 6.45) is -4.71. The summed E-state index contributed by atoms with van der Waals surface area (Å²) >= 11 is 0. The Bertz CT molecular complexity index is 1420. The van der Waals surface area contributed by atoms with Crippen LogP contribution in [0.1, 0.15) is 31.1 Å². The van der Waals surface area contributed by atoms with E-state index in [1.165, 1.54) is 32.4 Å². The molecule has 3 heterocycles. The van der Waals surface area contributed by atoms with E-state index in [1.54, 1.807) is 26.0 Å². The molecule has 0 atom stereocenters. The molecule has 0 amide bonds. The number of hydrogen-bond donors (Lipinski definition) is 1. The van der Waals surface area contributed by atoms with Crippen LogP contribution in [0, 0.1) is 11.6 Å². The molecule has 1 N–H and O–H groups in total. The van der Waals surface area contributed by atoms with Crippen LogP contribution in [0.3, 0.4) is 0 Å². The number of pyridine rings is 2. The van der Waals surface area contributed by atoms with E-state index in [2.05, 4.69) is 20.1 Å². The number of benzene rings is 1. The molecule has 0 aliphatic carbocycles. The van der Waals surface area contributed by atoms with E-state index in [9.17, 15) is 22.0 Å². The van der Waals surface area contributed by atoms with Crippen molar-refractivity contribution in [3.05, 3.63) is 71.3 Å². The van der Waals surface area contributed by atoms with Gasteiger partial charge in [-0.3, -0.25) is 10.1 Å². The molecule has 4 rings (SSSR count). The quantitative estimate of drug-likeness (QED) is 0.345. The van der Waals surface area contributed by atoms with Gasteiger partial charge in [-0.2, -0.15) is 18.3 Å². The van der Waals surface area contributed by atoms with Crippen LogP contribution in [0.4, 0.5) is 22.0 Å². The van der Waals surface area contributed by atoms with Crippen LogP contribution in [0.5, 0.6) is 11.5 Å². The van der Waals surface area contributed by atoms with Gasteiger partial charge in [0.15, 0.2) is 5.82 Å². The number of ether oxygens (including phenoxy) is 2. The lowest BCUT2D eigenvalue weighted by atomic mass is 9.84. The summed E-state index contributed by atoms with van der Waals surface area (Å²) in [6, 6.07) is 9.27. The smallest absolute Gasteiger partial charge is 0.451 e. The van der Waals surface area contributed by atoms with Gasteiger partial charge in [-0.05, 0) is 26.0 Å². The third kappa shape index (κ3) is 4.83. The molecule has 4 aromatic rings. The fourth-order valence-electron chi connectivity index (χ4n) is 3.47. The second-order valence-corrected chi connectivity index (χ2v) is 8.31. The Morgan fingerprint density at radius 1 is 0.778 bits per heavy atom. The first-order valence-electron chi connectivity index (χ1n) is 10.5. The van der Waals surface area contributed by atoms with Gasteiger partial charge in [0.25, 0.3) is 0 Å². The number of rotatable bonds is 6. The molecule has 36 heavy (non-hydrogen) atoms. The Morgan fingerprint density at radius 2 is 1.36 bits per heavy atom. The number of aromatic amines is 1. The van der Waals surface area contributed by atoms with Gasteiger partial charge >= 0.3 is 6.18 Å². The molecule has 0 aliphatic rings. The molecule has 0 saturated heterocycles. The molecule has 0 aliphatic heterocycles. The van der Waals surface area contributed by atoms with Crippen molar-refractivity contribution in [1.29, 1.82) is 0 Å². The SMILES string of the molecule is COc1cc(-c2n[nH]c(C(F)(F)F)n2)nc(C(C)(C)c2cc(OC)cc(-c3ccc(F)cc3F)n2)c1. The topological polar surface area (TPSA) is 85.8 Å². The number of halogens is 5. The Morgan fingerprint density at radius 3 is 1.89 bits per heavy atom. The van der Waals surface area contributed by atoms with Crippen LogP contribution < -0.4 is 9.47 Å². The van der Waals surface area contributed by atoms with Gasteiger partial charge in [-0.1, -0.05) is 0 Å². The monoisotopic (exact) mass is 505 g/mol. The van der Waals surface area contributed by atoms with Gasteiger partial charge < -0.3 is 9.47 Å². The molecule has 0 saturated carbocycles. The lowest BCUT2D eigenvalue weighted by molar-refractivity contribution is -0.144. The zero-order valence-electron chi connectivity index (χ0n) is 19.5. The minimum atomic E-state index is -4.71. The van der Waals surface area contributed by atoms with Gasteiger partial charge in [0.1, 0.15) is 28.8 Å². The number of H-pyrrole nitrogens is 1. The minimum absolute atomic E-state index is 0.0388. The highest BCUT2D eigenvalue weighted by molar-refractivity contribution is 5.63. The van der Waals surface area contributed by atoms with Crippen molar-refractivity contribution < 1.29 is 31.4 Å². The summed E-state index contributed by atoms with van der Waals surface area (Å²) in [6.45, 7) is 3.54. The molecule has 0 bridgehead atoms. The molecule has 7 nitrogen and oxygen atoms in total. The fraction of sp³-hybridized carbons (Fsp3) is 0.250. The molecule has 188 valence electrons. The minimum Gasteiger partial charge on any atom is -0.497 e. The number of nitrogens with zero attached hydrogens (tertiary/aromatic N) is 4. The lowest BCUT2D eigenvalue weighted by Crippen LogP contribution is -2.23. The Balaban J connectivity index is 1.84. The number of hydrogen-bond acceptors (Lipinski definition) is 6. The molecule has 0 radical (unpaired) electrons. The van der Waals surface area contributed by atoms with Crippen LogP contribution >= 0.6 is 0 Å². The molecular formula is C24H20F5N5O2. The summed E-state index contributed by atoms with van der Waals surface area (Å²) in [5.74, 6) is -2.40. The third-order valence-corrected chi connectivity index (χ3v) is 5.54. The van der Waals surface area contributed by atoms with Gasteiger partial charge in [-0.25, -0.2) is 18.7 Å². The lowest BCUT2D eigenvalue weighted by Gasteiger charge is -2.25. The molecule has 12 heteroatoms. The highest BCUT2D eigenvalue weighted by Crippen LogP contribution is 2.37. The van der Waals surface area contributed by atoms with Crippen LogP contribution in [0.15, 0.2) is 42.5 Å². The van der Waals surface area contributed by atoms with Crippen molar-refractivity contribution in [2.24, 2.45) is 0 Å². The van der Waals surface area contributed by atoms with Crippen molar-refractivity contribution in [3.8, 4) is 34.3 Å². The Hall–Kier alpha value is -4.09. The average molecular weight is 505 g/mol. The van der Waals surface area contributed by atoms with Gasteiger partial charge in [-0.15, -0.1) is 0 Å². The summed E-state index contributed by atoms with van der Waals surface area (Å²) in [7, 11) is 2.83. The molecule has 3 aromatic heterocycles. The van der Waals surface area contributed by atoms with Gasteiger partial charge in [0.05, 0.1) is 31.3 Å².